The predicted octanol–water partition coefficient (Wildman–Crippen LogP) is 12.6. The Morgan fingerprint density at radius 1 is 0.380 bits per heavy atom. The minimum absolute atomic E-state index is 0.648. The fourth-order valence-electron chi connectivity index (χ4n) is 7.06. The second kappa shape index (κ2) is 11.4. The normalized spacial score (nSPS) is 11.6. The summed E-state index contributed by atoms with van der Waals surface area (Å²) in [7, 11) is 0. The van der Waals surface area contributed by atoms with E-state index in [1.54, 1.807) is 0 Å². The smallest absolute Gasteiger partial charge is 0.227 e. The van der Waals surface area contributed by atoms with Gasteiger partial charge in [-0.2, -0.15) is 0 Å². The Morgan fingerprint density at radius 2 is 0.980 bits per heavy atom. The molecule has 0 aliphatic carbocycles. The van der Waals surface area contributed by atoms with Crippen LogP contribution in [-0.4, -0.2) is 9.97 Å². The van der Waals surface area contributed by atoms with Gasteiger partial charge >= 0.3 is 0 Å². The molecule has 3 heterocycles. The van der Waals surface area contributed by atoms with Crippen molar-refractivity contribution in [1.82, 2.24) is 9.97 Å². The summed E-state index contributed by atoms with van der Waals surface area (Å²) in [6.07, 6.45) is 0. The molecular weight excluding hydrogens is 611 g/mol. The zero-order valence-electron chi connectivity index (χ0n) is 27.0. The second-order valence-corrected chi connectivity index (χ2v) is 12.7. The third-order valence-corrected chi connectivity index (χ3v) is 9.64. The number of nitrogens with zero attached hydrogens (tertiary/aromatic N) is 3. The summed E-state index contributed by atoms with van der Waals surface area (Å²) in [5.74, 6) is 0. The van der Waals surface area contributed by atoms with E-state index < -0.39 is 0 Å². The summed E-state index contributed by atoms with van der Waals surface area (Å²) >= 11 is 0. The molecule has 0 bridgehead atoms. The highest BCUT2D eigenvalue weighted by Crippen LogP contribution is 2.40. The van der Waals surface area contributed by atoms with E-state index >= 15 is 0 Å². The van der Waals surface area contributed by atoms with Gasteiger partial charge in [0.15, 0.2) is 0 Å². The van der Waals surface area contributed by atoms with Gasteiger partial charge in [0.1, 0.15) is 5.58 Å². The van der Waals surface area contributed by atoms with E-state index in [0.29, 0.717) is 5.71 Å². The molecule has 0 spiro atoms. The molecule has 0 aliphatic heterocycles. The molecule has 10 rings (SSSR count). The number of para-hydroxylation sites is 2. The first-order chi connectivity index (χ1) is 24.7. The van der Waals surface area contributed by atoms with Gasteiger partial charge in [0.05, 0.1) is 16.7 Å². The van der Waals surface area contributed by atoms with Crippen LogP contribution < -0.4 is 4.90 Å². The number of fused-ring (bicyclic) bond motifs is 6. The fraction of sp³-hybridized carbons (Fsp3) is 0. The van der Waals surface area contributed by atoms with E-state index in [-0.39, 0.29) is 0 Å². The largest absolute Gasteiger partial charge is 0.438 e. The third-order valence-electron chi connectivity index (χ3n) is 9.64. The van der Waals surface area contributed by atoms with Crippen LogP contribution in [-0.2, 0) is 0 Å². The molecule has 0 atom stereocenters. The lowest BCUT2D eigenvalue weighted by Gasteiger charge is -2.26. The van der Waals surface area contributed by atoms with Gasteiger partial charge in [-0.1, -0.05) is 103 Å². The van der Waals surface area contributed by atoms with E-state index in [2.05, 4.69) is 150 Å². The van der Waals surface area contributed by atoms with E-state index in [0.717, 1.165) is 66.5 Å². The van der Waals surface area contributed by atoms with Crippen LogP contribution in [0.4, 0.5) is 17.1 Å². The SMILES string of the molecule is c1ccc2cc(-c3ccc(N(c4ccc(-c5ccc6ccccc6n5)cc4)c4ccc5oc6nc7ccccc7cc6c5c4)cc3)ccc2c1. The first-order valence-electron chi connectivity index (χ1n) is 16.8. The van der Waals surface area contributed by atoms with E-state index in [1.807, 2.05) is 30.3 Å². The Hall–Kier alpha value is -6.78. The van der Waals surface area contributed by atoms with Gasteiger partial charge in [0.2, 0.25) is 5.71 Å². The summed E-state index contributed by atoms with van der Waals surface area (Å²) < 4.78 is 6.26. The molecule has 0 unspecified atom stereocenters. The van der Waals surface area contributed by atoms with Crippen molar-refractivity contribution in [3.63, 3.8) is 0 Å². The molecule has 3 aromatic heterocycles. The Balaban J connectivity index is 1.09. The molecule has 4 heteroatoms. The number of hydrogen-bond acceptors (Lipinski definition) is 4. The zero-order valence-corrected chi connectivity index (χ0v) is 27.0. The Kier molecular flexibility index (Phi) is 6.46. The van der Waals surface area contributed by atoms with Crippen molar-refractivity contribution in [3.05, 3.63) is 176 Å². The maximum atomic E-state index is 6.26. The molecule has 0 saturated carbocycles. The number of furan rings is 1. The molecular formula is C46H29N3O. The first kappa shape index (κ1) is 28.3. The average Bonchev–Trinajstić information content (AvgIpc) is 3.54. The van der Waals surface area contributed by atoms with Crippen LogP contribution in [0, 0.1) is 0 Å². The van der Waals surface area contributed by atoms with Crippen molar-refractivity contribution in [2.75, 3.05) is 4.90 Å². The second-order valence-electron chi connectivity index (χ2n) is 12.7. The van der Waals surface area contributed by atoms with E-state index in [9.17, 15) is 0 Å². The highest BCUT2D eigenvalue weighted by molar-refractivity contribution is 6.08. The molecule has 7 aromatic carbocycles. The Morgan fingerprint density at radius 3 is 1.76 bits per heavy atom. The summed E-state index contributed by atoms with van der Waals surface area (Å²) in [5.41, 5.74) is 10.9. The Bertz CT molecular complexity index is 2750. The van der Waals surface area contributed by atoms with Crippen LogP contribution in [0.15, 0.2) is 180 Å². The minimum atomic E-state index is 0.648. The lowest BCUT2D eigenvalue weighted by molar-refractivity contribution is 0.656. The van der Waals surface area contributed by atoms with Crippen molar-refractivity contribution >= 4 is 71.7 Å². The highest BCUT2D eigenvalue weighted by Gasteiger charge is 2.17. The maximum Gasteiger partial charge on any atom is 0.227 e. The number of benzene rings is 7. The van der Waals surface area contributed by atoms with Gasteiger partial charge in [0.25, 0.3) is 0 Å². The lowest BCUT2D eigenvalue weighted by atomic mass is 10.0. The van der Waals surface area contributed by atoms with Gasteiger partial charge in [-0.25, -0.2) is 9.97 Å². The quantitative estimate of drug-likeness (QED) is 0.188. The Labute approximate surface area is 288 Å². The zero-order chi connectivity index (χ0) is 33.0. The monoisotopic (exact) mass is 639 g/mol. The van der Waals surface area contributed by atoms with Crippen molar-refractivity contribution in [1.29, 1.82) is 0 Å². The number of rotatable bonds is 5. The van der Waals surface area contributed by atoms with Crippen LogP contribution >= 0.6 is 0 Å². The summed E-state index contributed by atoms with van der Waals surface area (Å²) in [6.45, 7) is 0. The molecule has 4 nitrogen and oxygen atoms in total. The molecule has 0 radical (unpaired) electrons. The number of pyridine rings is 2. The molecule has 0 N–H and O–H groups in total. The van der Waals surface area contributed by atoms with E-state index in [4.69, 9.17) is 14.4 Å². The van der Waals surface area contributed by atoms with Crippen LogP contribution in [0.2, 0.25) is 0 Å². The average molecular weight is 640 g/mol. The maximum absolute atomic E-state index is 6.26. The fourth-order valence-corrected chi connectivity index (χ4v) is 7.06. The van der Waals surface area contributed by atoms with Gasteiger partial charge in [0, 0.05) is 44.2 Å². The van der Waals surface area contributed by atoms with Gasteiger partial charge in [-0.15, -0.1) is 0 Å². The van der Waals surface area contributed by atoms with Crippen molar-refractivity contribution in [2.24, 2.45) is 0 Å². The van der Waals surface area contributed by atoms with Crippen LogP contribution in [0.1, 0.15) is 0 Å². The molecule has 0 amide bonds. The lowest BCUT2D eigenvalue weighted by Crippen LogP contribution is -2.09. The van der Waals surface area contributed by atoms with Crippen LogP contribution in [0.3, 0.4) is 0 Å². The molecule has 10 aromatic rings. The van der Waals surface area contributed by atoms with E-state index in [1.165, 1.54) is 21.9 Å². The van der Waals surface area contributed by atoms with Crippen molar-refractivity contribution in [3.8, 4) is 22.4 Å². The highest BCUT2D eigenvalue weighted by atomic mass is 16.3. The standard InChI is InChI=1S/C46H29N3O/c1-2-9-34-27-35(14-13-30(34)7-1)31-15-20-37(21-16-31)49(38-22-17-33(18-23-38)44-25-19-32-8-3-5-11-42(32)47-44)39-24-26-45-40(29-39)41-28-36-10-4-6-12-43(36)48-46(41)50-45/h1-29H. The molecule has 0 aliphatic rings. The number of anilines is 3. The number of aromatic nitrogens is 2. The first-order valence-corrected chi connectivity index (χ1v) is 16.8. The minimum Gasteiger partial charge on any atom is -0.438 e. The molecule has 0 saturated heterocycles. The van der Waals surface area contributed by atoms with Crippen LogP contribution in [0.25, 0.3) is 77.0 Å². The predicted molar refractivity (Wildman–Crippen MR) is 207 cm³/mol. The number of hydrogen-bond donors (Lipinski definition) is 0. The third kappa shape index (κ3) is 4.85. The topological polar surface area (TPSA) is 42.2 Å². The van der Waals surface area contributed by atoms with Gasteiger partial charge < -0.3 is 9.32 Å². The summed E-state index contributed by atoms with van der Waals surface area (Å²) in [5, 5.41) is 6.74. The van der Waals surface area contributed by atoms with Gasteiger partial charge in [-0.05, 0) is 94.7 Å². The summed E-state index contributed by atoms with van der Waals surface area (Å²) in [4.78, 5) is 12.1. The molecule has 50 heavy (non-hydrogen) atoms. The van der Waals surface area contributed by atoms with Crippen molar-refractivity contribution < 1.29 is 4.42 Å². The van der Waals surface area contributed by atoms with Crippen LogP contribution in [0.5, 0.6) is 0 Å². The summed E-state index contributed by atoms with van der Waals surface area (Å²) in [6, 6.07) is 61.9. The van der Waals surface area contributed by atoms with Crippen molar-refractivity contribution in [2.45, 2.75) is 0 Å². The van der Waals surface area contributed by atoms with Gasteiger partial charge in [-0.3, -0.25) is 0 Å². The molecule has 0 fully saturated rings. The molecule has 234 valence electrons.